The lowest BCUT2D eigenvalue weighted by Gasteiger charge is -2.20. The minimum atomic E-state index is -0.261. The smallest absolute Gasteiger partial charge is 0.237 e. The van der Waals surface area contributed by atoms with E-state index in [2.05, 4.69) is 26.2 Å². The van der Waals surface area contributed by atoms with Crippen molar-refractivity contribution in [1.29, 1.82) is 0 Å². The first-order valence-electron chi connectivity index (χ1n) is 6.80. The lowest BCUT2D eigenvalue weighted by Crippen LogP contribution is -2.12. The summed E-state index contributed by atoms with van der Waals surface area (Å²) in [6, 6.07) is 8.42. The van der Waals surface area contributed by atoms with E-state index >= 15 is 0 Å². The molecule has 0 spiro atoms. The average molecular weight is 353 g/mol. The molecule has 0 saturated heterocycles. The largest absolute Gasteiger partial charge is 0.473 e. The standard InChI is InChI=1S/C16H18BrFN2O/c1-10(2)21-16-15(5-4-8-19-16)20-11(3)13-7-6-12(18)9-14(13)17/h4-11,20H,1-3H3. The number of nitrogens with zero attached hydrogens (tertiary/aromatic N) is 1. The van der Waals surface area contributed by atoms with Crippen molar-refractivity contribution in [1.82, 2.24) is 4.98 Å². The van der Waals surface area contributed by atoms with E-state index in [1.807, 2.05) is 32.9 Å². The van der Waals surface area contributed by atoms with Crippen LogP contribution < -0.4 is 10.1 Å². The first-order chi connectivity index (χ1) is 9.97. The molecule has 0 amide bonds. The molecule has 0 bridgehead atoms. The summed E-state index contributed by atoms with van der Waals surface area (Å²) in [6.07, 6.45) is 1.75. The Morgan fingerprint density at radius 3 is 2.67 bits per heavy atom. The molecule has 0 fully saturated rings. The molecule has 1 unspecified atom stereocenters. The zero-order valence-corrected chi connectivity index (χ0v) is 13.8. The van der Waals surface area contributed by atoms with Gasteiger partial charge in [0, 0.05) is 16.7 Å². The number of hydrogen-bond acceptors (Lipinski definition) is 3. The molecular formula is C16H18BrFN2O. The molecule has 1 heterocycles. The summed E-state index contributed by atoms with van der Waals surface area (Å²) in [5, 5.41) is 3.35. The summed E-state index contributed by atoms with van der Waals surface area (Å²) in [7, 11) is 0. The van der Waals surface area contributed by atoms with Crippen molar-refractivity contribution in [2.75, 3.05) is 5.32 Å². The summed E-state index contributed by atoms with van der Waals surface area (Å²) in [5.74, 6) is 0.306. The highest BCUT2D eigenvalue weighted by Crippen LogP contribution is 2.30. The zero-order valence-electron chi connectivity index (χ0n) is 12.2. The number of benzene rings is 1. The molecular weight excluding hydrogens is 335 g/mol. The van der Waals surface area contributed by atoms with E-state index in [-0.39, 0.29) is 18.0 Å². The summed E-state index contributed by atoms with van der Waals surface area (Å²) in [6.45, 7) is 5.92. The maximum absolute atomic E-state index is 13.2. The summed E-state index contributed by atoms with van der Waals surface area (Å²) in [4.78, 5) is 4.25. The van der Waals surface area contributed by atoms with Gasteiger partial charge in [0.1, 0.15) is 5.82 Å². The summed E-state index contributed by atoms with van der Waals surface area (Å²) in [5.41, 5.74) is 1.78. The van der Waals surface area contributed by atoms with Crippen LogP contribution >= 0.6 is 15.9 Å². The minimum Gasteiger partial charge on any atom is -0.473 e. The van der Waals surface area contributed by atoms with E-state index in [0.29, 0.717) is 5.88 Å². The van der Waals surface area contributed by atoms with E-state index in [1.54, 1.807) is 12.3 Å². The maximum Gasteiger partial charge on any atom is 0.237 e. The van der Waals surface area contributed by atoms with Gasteiger partial charge in [0.05, 0.1) is 11.8 Å². The summed E-state index contributed by atoms with van der Waals surface area (Å²) >= 11 is 3.39. The Labute approximate surface area is 132 Å². The SMILES string of the molecule is CC(C)Oc1ncccc1NC(C)c1ccc(F)cc1Br. The lowest BCUT2D eigenvalue weighted by molar-refractivity contribution is 0.234. The molecule has 0 aliphatic rings. The molecule has 2 aromatic rings. The molecule has 0 aliphatic carbocycles. The van der Waals surface area contributed by atoms with Gasteiger partial charge in [-0.15, -0.1) is 0 Å². The molecule has 1 N–H and O–H groups in total. The fraction of sp³-hybridized carbons (Fsp3) is 0.312. The van der Waals surface area contributed by atoms with Gasteiger partial charge < -0.3 is 10.1 Å². The highest BCUT2D eigenvalue weighted by atomic mass is 79.9. The summed E-state index contributed by atoms with van der Waals surface area (Å²) < 4.78 is 19.6. The van der Waals surface area contributed by atoms with Crippen molar-refractivity contribution < 1.29 is 9.13 Å². The molecule has 0 saturated carbocycles. The van der Waals surface area contributed by atoms with Crippen LogP contribution in [-0.2, 0) is 0 Å². The van der Waals surface area contributed by atoms with E-state index in [1.165, 1.54) is 12.1 Å². The number of nitrogens with one attached hydrogen (secondary N) is 1. The monoisotopic (exact) mass is 352 g/mol. The van der Waals surface area contributed by atoms with Crippen LogP contribution in [0.3, 0.4) is 0 Å². The van der Waals surface area contributed by atoms with Gasteiger partial charge in [0.15, 0.2) is 0 Å². The van der Waals surface area contributed by atoms with E-state index < -0.39 is 0 Å². The van der Waals surface area contributed by atoms with Gasteiger partial charge in [-0.25, -0.2) is 9.37 Å². The fourth-order valence-electron chi connectivity index (χ4n) is 1.98. The predicted molar refractivity (Wildman–Crippen MR) is 86.1 cm³/mol. The van der Waals surface area contributed by atoms with Gasteiger partial charge in [0.2, 0.25) is 5.88 Å². The van der Waals surface area contributed by atoms with Gasteiger partial charge in [0.25, 0.3) is 0 Å². The molecule has 0 aliphatic heterocycles. The van der Waals surface area contributed by atoms with E-state index in [9.17, 15) is 4.39 Å². The number of hydrogen-bond donors (Lipinski definition) is 1. The van der Waals surface area contributed by atoms with Gasteiger partial charge in [-0.1, -0.05) is 22.0 Å². The van der Waals surface area contributed by atoms with E-state index in [0.717, 1.165) is 15.7 Å². The molecule has 21 heavy (non-hydrogen) atoms. The molecule has 5 heteroatoms. The van der Waals surface area contributed by atoms with Crippen molar-refractivity contribution in [3.8, 4) is 5.88 Å². The number of pyridine rings is 1. The highest BCUT2D eigenvalue weighted by molar-refractivity contribution is 9.10. The number of rotatable bonds is 5. The molecule has 112 valence electrons. The number of ether oxygens (including phenoxy) is 1. The van der Waals surface area contributed by atoms with Crippen LogP contribution in [0.15, 0.2) is 41.0 Å². The minimum absolute atomic E-state index is 0.0151. The van der Waals surface area contributed by atoms with Gasteiger partial charge in [-0.2, -0.15) is 0 Å². The molecule has 0 radical (unpaired) electrons. The predicted octanol–water partition coefficient (Wildman–Crippen LogP) is 4.94. The quantitative estimate of drug-likeness (QED) is 0.826. The van der Waals surface area contributed by atoms with Crippen LogP contribution in [0, 0.1) is 5.82 Å². The van der Waals surface area contributed by atoms with Gasteiger partial charge in [-0.3, -0.25) is 0 Å². The van der Waals surface area contributed by atoms with Gasteiger partial charge >= 0.3 is 0 Å². The second-order valence-electron chi connectivity index (χ2n) is 5.05. The van der Waals surface area contributed by atoms with E-state index in [4.69, 9.17) is 4.74 Å². The second-order valence-corrected chi connectivity index (χ2v) is 5.91. The van der Waals surface area contributed by atoms with Gasteiger partial charge in [-0.05, 0) is 50.6 Å². The molecule has 2 rings (SSSR count). The second kappa shape index (κ2) is 6.89. The van der Waals surface area contributed by atoms with Crippen LogP contribution in [0.4, 0.5) is 10.1 Å². The van der Waals surface area contributed by atoms with Crippen molar-refractivity contribution >= 4 is 21.6 Å². The fourth-order valence-corrected chi connectivity index (χ4v) is 2.68. The third-order valence-corrected chi connectivity index (χ3v) is 3.61. The number of aromatic nitrogens is 1. The first kappa shape index (κ1) is 15.8. The topological polar surface area (TPSA) is 34.1 Å². The zero-order chi connectivity index (χ0) is 15.4. The van der Waals surface area contributed by atoms with Crippen molar-refractivity contribution in [3.63, 3.8) is 0 Å². The van der Waals surface area contributed by atoms with Crippen molar-refractivity contribution in [2.45, 2.75) is 32.9 Å². The number of anilines is 1. The Morgan fingerprint density at radius 1 is 1.24 bits per heavy atom. The lowest BCUT2D eigenvalue weighted by atomic mass is 10.1. The van der Waals surface area contributed by atoms with Crippen LogP contribution in [0.2, 0.25) is 0 Å². The molecule has 3 nitrogen and oxygen atoms in total. The molecule has 1 aromatic carbocycles. The van der Waals surface area contributed by atoms with Crippen molar-refractivity contribution in [2.24, 2.45) is 0 Å². The highest BCUT2D eigenvalue weighted by Gasteiger charge is 2.13. The average Bonchev–Trinajstić information content (AvgIpc) is 2.40. The third kappa shape index (κ3) is 4.17. The number of halogens is 2. The van der Waals surface area contributed by atoms with Crippen LogP contribution in [-0.4, -0.2) is 11.1 Å². The Morgan fingerprint density at radius 2 is 2.00 bits per heavy atom. The molecule has 1 atom stereocenters. The Hall–Kier alpha value is -1.62. The normalized spacial score (nSPS) is 12.3. The first-order valence-corrected chi connectivity index (χ1v) is 7.60. The van der Waals surface area contributed by atoms with Crippen LogP contribution in [0.5, 0.6) is 5.88 Å². The van der Waals surface area contributed by atoms with Crippen LogP contribution in [0.25, 0.3) is 0 Å². The van der Waals surface area contributed by atoms with Crippen molar-refractivity contribution in [3.05, 3.63) is 52.4 Å². The Kier molecular flexibility index (Phi) is 5.17. The maximum atomic E-state index is 13.2. The third-order valence-electron chi connectivity index (χ3n) is 2.92. The Bertz CT molecular complexity index is 619. The van der Waals surface area contributed by atoms with Crippen LogP contribution in [0.1, 0.15) is 32.4 Å². The molecule has 1 aromatic heterocycles. The Balaban J connectivity index is 2.21.